The van der Waals surface area contributed by atoms with Gasteiger partial charge in [-0.25, -0.2) is 9.78 Å². The Balaban J connectivity index is 2.10. The SMILES string of the molecule is COc1ccc2nc(SCC(=C=O)C(C)C(OC)C(C)C=O)[nH]c2c1. The van der Waals surface area contributed by atoms with Crippen molar-refractivity contribution in [2.75, 3.05) is 20.0 Å². The van der Waals surface area contributed by atoms with E-state index in [9.17, 15) is 9.59 Å². The molecule has 0 aliphatic heterocycles. The summed E-state index contributed by atoms with van der Waals surface area (Å²) in [7, 11) is 3.16. The lowest BCUT2D eigenvalue weighted by Crippen LogP contribution is -2.30. The van der Waals surface area contributed by atoms with Crippen LogP contribution < -0.4 is 4.74 Å². The molecule has 0 radical (unpaired) electrons. The fourth-order valence-electron chi connectivity index (χ4n) is 2.71. The number of carbonyl (C=O) groups is 1. The van der Waals surface area contributed by atoms with Gasteiger partial charge in [-0.3, -0.25) is 0 Å². The number of hydrogen-bond donors (Lipinski definition) is 1. The van der Waals surface area contributed by atoms with Gasteiger partial charge in [0.15, 0.2) is 5.16 Å². The van der Waals surface area contributed by atoms with Crippen molar-refractivity contribution in [2.45, 2.75) is 25.1 Å². The lowest BCUT2D eigenvalue weighted by Gasteiger charge is -2.25. The number of H-pyrrole nitrogens is 1. The highest BCUT2D eigenvalue weighted by Gasteiger charge is 2.27. The van der Waals surface area contributed by atoms with Crippen LogP contribution in [0.1, 0.15) is 13.8 Å². The molecule has 1 N–H and O–H groups in total. The second kappa shape index (κ2) is 8.85. The number of nitrogens with one attached hydrogen (secondary N) is 1. The molecule has 0 spiro atoms. The van der Waals surface area contributed by atoms with Gasteiger partial charge in [-0.15, -0.1) is 0 Å². The molecule has 0 fully saturated rings. The van der Waals surface area contributed by atoms with Crippen molar-refractivity contribution in [3.8, 4) is 5.75 Å². The highest BCUT2D eigenvalue weighted by Crippen LogP contribution is 2.28. The quantitative estimate of drug-likeness (QED) is 0.420. The van der Waals surface area contributed by atoms with Crippen molar-refractivity contribution in [3.05, 3.63) is 23.8 Å². The third kappa shape index (κ3) is 4.51. The van der Waals surface area contributed by atoms with E-state index in [0.29, 0.717) is 16.5 Å². The molecular formula is C18H22N2O4S. The fourth-order valence-corrected chi connectivity index (χ4v) is 3.67. The molecular weight excluding hydrogens is 340 g/mol. The number of nitrogens with zero attached hydrogens (tertiary/aromatic N) is 1. The van der Waals surface area contributed by atoms with Gasteiger partial charge in [0.2, 0.25) is 0 Å². The van der Waals surface area contributed by atoms with Gasteiger partial charge in [0, 0.05) is 36.3 Å². The second-order valence-electron chi connectivity index (χ2n) is 5.83. The summed E-state index contributed by atoms with van der Waals surface area (Å²) in [4.78, 5) is 30.1. The van der Waals surface area contributed by atoms with E-state index in [1.807, 2.05) is 31.1 Å². The van der Waals surface area contributed by atoms with Crippen LogP contribution in [-0.4, -0.2) is 48.3 Å². The van der Waals surface area contributed by atoms with Crippen LogP contribution in [0.25, 0.3) is 11.0 Å². The maximum absolute atomic E-state index is 11.4. The predicted octanol–water partition coefficient (Wildman–Crippen LogP) is 2.91. The molecule has 1 aromatic carbocycles. The summed E-state index contributed by atoms with van der Waals surface area (Å²) in [6.45, 7) is 3.65. The number of aromatic nitrogens is 2. The van der Waals surface area contributed by atoms with Gasteiger partial charge < -0.3 is 19.3 Å². The minimum atomic E-state index is -0.352. The van der Waals surface area contributed by atoms with Gasteiger partial charge in [-0.05, 0) is 12.1 Å². The summed E-state index contributed by atoms with van der Waals surface area (Å²) in [5.74, 6) is 2.67. The van der Waals surface area contributed by atoms with Gasteiger partial charge >= 0.3 is 0 Å². The van der Waals surface area contributed by atoms with Crippen molar-refractivity contribution in [3.63, 3.8) is 0 Å². The first-order valence-electron chi connectivity index (χ1n) is 7.92. The Morgan fingerprint density at radius 3 is 2.76 bits per heavy atom. The number of carbonyl (C=O) groups excluding carboxylic acids is 2. The minimum absolute atomic E-state index is 0.209. The first kappa shape index (κ1) is 19.2. The molecule has 134 valence electrons. The van der Waals surface area contributed by atoms with Gasteiger partial charge in [0.25, 0.3) is 0 Å². The number of aromatic amines is 1. The monoisotopic (exact) mass is 362 g/mol. The molecule has 7 heteroatoms. The van der Waals surface area contributed by atoms with Gasteiger partial charge in [0.05, 0.1) is 24.2 Å². The average molecular weight is 362 g/mol. The number of rotatable bonds is 9. The molecule has 0 saturated heterocycles. The van der Waals surface area contributed by atoms with Gasteiger partial charge in [-0.2, -0.15) is 0 Å². The third-order valence-corrected chi connectivity index (χ3v) is 5.13. The van der Waals surface area contributed by atoms with Crippen LogP contribution >= 0.6 is 11.8 Å². The molecule has 0 bridgehead atoms. The number of imidazole rings is 1. The first-order chi connectivity index (χ1) is 12.0. The molecule has 0 amide bonds. The lowest BCUT2D eigenvalue weighted by molar-refractivity contribution is -0.115. The predicted molar refractivity (Wildman–Crippen MR) is 97.8 cm³/mol. The number of aldehydes is 1. The zero-order valence-corrected chi connectivity index (χ0v) is 15.6. The third-order valence-electron chi connectivity index (χ3n) is 4.21. The molecule has 0 aliphatic carbocycles. The highest BCUT2D eigenvalue weighted by molar-refractivity contribution is 7.99. The summed E-state index contributed by atoms with van der Waals surface area (Å²) in [6, 6.07) is 5.60. The van der Waals surface area contributed by atoms with E-state index in [2.05, 4.69) is 9.97 Å². The van der Waals surface area contributed by atoms with E-state index in [0.717, 1.165) is 23.1 Å². The number of benzene rings is 1. The van der Waals surface area contributed by atoms with Crippen molar-refractivity contribution < 1.29 is 19.1 Å². The van der Waals surface area contributed by atoms with Crippen LogP contribution in [0.4, 0.5) is 0 Å². The van der Waals surface area contributed by atoms with Crippen LogP contribution in [0.2, 0.25) is 0 Å². The van der Waals surface area contributed by atoms with Crippen LogP contribution in [0.5, 0.6) is 5.75 Å². The molecule has 1 heterocycles. The topological polar surface area (TPSA) is 81.3 Å². The Morgan fingerprint density at radius 2 is 2.16 bits per heavy atom. The van der Waals surface area contributed by atoms with Crippen molar-refractivity contribution in [1.82, 2.24) is 9.97 Å². The number of methoxy groups -OCH3 is 2. The zero-order valence-electron chi connectivity index (χ0n) is 14.7. The molecule has 0 saturated carbocycles. The molecule has 6 nitrogen and oxygen atoms in total. The summed E-state index contributed by atoms with van der Waals surface area (Å²) in [5, 5.41) is 0.709. The van der Waals surface area contributed by atoms with Crippen LogP contribution in [0.3, 0.4) is 0 Å². The lowest BCUT2D eigenvalue weighted by atomic mass is 9.89. The molecule has 0 aliphatic rings. The Labute approximate surface area is 151 Å². The normalized spacial score (nSPS) is 14.6. The summed E-state index contributed by atoms with van der Waals surface area (Å²) in [5.41, 5.74) is 2.26. The Hall–Kier alpha value is -2.08. The van der Waals surface area contributed by atoms with E-state index in [-0.39, 0.29) is 17.9 Å². The van der Waals surface area contributed by atoms with Crippen LogP contribution in [0.15, 0.2) is 28.9 Å². The summed E-state index contributed by atoms with van der Waals surface area (Å²) in [6.07, 6.45) is 0.488. The summed E-state index contributed by atoms with van der Waals surface area (Å²) < 4.78 is 10.6. The van der Waals surface area contributed by atoms with E-state index < -0.39 is 0 Å². The van der Waals surface area contributed by atoms with E-state index in [4.69, 9.17) is 9.47 Å². The second-order valence-corrected chi connectivity index (χ2v) is 6.79. The largest absolute Gasteiger partial charge is 0.497 e. The number of hydrogen-bond acceptors (Lipinski definition) is 6. The highest BCUT2D eigenvalue weighted by atomic mass is 32.2. The van der Waals surface area contributed by atoms with Gasteiger partial charge in [-0.1, -0.05) is 25.6 Å². The smallest absolute Gasteiger partial charge is 0.166 e. The maximum atomic E-state index is 11.4. The van der Waals surface area contributed by atoms with E-state index in [1.54, 1.807) is 21.1 Å². The molecule has 2 rings (SSSR count). The van der Waals surface area contributed by atoms with Gasteiger partial charge in [0.1, 0.15) is 18.0 Å². The number of fused-ring (bicyclic) bond motifs is 1. The van der Waals surface area contributed by atoms with Crippen LogP contribution in [0, 0.1) is 11.8 Å². The Bertz CT molecular complexity index is 782. The molecule has 25 heavy (non-hydrogen) atoms. The molecule has 3 atom stereocenters. The molecule has 2 aromatic rings. The van der Waals surface area contributed by atoms with E-state index in [1.165, 1.54) is 11.8 Å². The zero-order chi connectivity index (χ0) is 18.4. The maximum Gasteiger partial charge on any atom is 0.166 e. The molecule has 3 unspecified atom stereocenters. The van der Waals surface area contributed by atoms with Crippen molar-refractivity contribution in [1.29, 1.82) is 0 Å². The Kier molecular flexibility index (Phi) is 6.82. The summed E-state index contributed by atoms with van der Waals surface area (Å²) >= 11 is 1.42. The molecule has 1 aromatic heterocycles. The Morgan fingerprint density at radius 1 is 1.40 bits per heavy atom. The average Bonchev–Trinajstić information content (AvgIpc) is 3.04. The van der Waals surface area contributed by atoms with Crippen LogP contribution in [-0.2, 0) is 14.3 Å². The minimum Gasteiger partial charge on any atom is -0.497 e. The van der Waals surface area contributed by atoms with E-state index >= 15 is 0 Å². The number of thioether (sulfide) groups is 1. The number of ether oxygens (including phenoxy) is 2. The first-order valence-corrected chi connectivity index (χ1v) is 8.91. The van der Waals surface area contributed by atoms with Crippen molar-refractivity contribution >= 4 is 35.0 Å². The fraction of sp³-hybridized carbons (Fsp3) is 0.444. The standard InChI is InChI=1S/C18H22N2O4S/c1-11(8-21)17(24-4)12(2)13(9-22)10-25-18-19-15-6-5-14(23-3)7-16(15)20-18/h5-8,11-12,17H,10H2,1-4H3,(H,19,20). The van der Waals surface area contributed by atoms with Crippen molar-refractivity contribution in [2.24, 2.45) is 11.8 Å².